The molecule has 1 fully saturated rings. The first-order chi connectivity index (χ1) is 17.9. The number of carbonyl (C=O) groups excluding carboxylic acids is 2. The molecular weight excluding hydrogens is 480 g/mol. The van der Waals surface area contributed by atoms with E-state index in [1.165, 1.54) is 23.8 Å². The predicted octanol–water partition coefficient (Wildman–Crippen LogP) is 7.92. The van der Waals surface area contributed by atoms with Crippen molar-refractivity contribution in [3.63, 3.8) is 0 Å². The molecule has 1 aliphatic rings. The van der Waals surface area contributed by atoms with E-state index in [1.807, 2.05) is 31.0 Å². The van der Waals surface area contributed by atoms with E-state index in [0.717, 1.165) is 52.8 Å². The summed E-state index contributed by atoms with van der Waals surface area (Å²) in [5, 5.41) is 1.19. The van der Waals surface area contributed by atoms with Gasteiger partial charge in [0.25, 0.3) is 0 Å². The number of aromatic nitrogens is 1. The lowest BCUT2D eigenvalue weighted by Crippen LogP contribution is -2.42. The van der Waals surface area contributed by atoms with E-state index < -0.39 is 5.97 Å². The maximum atomic E-state index is 13.7. The van der Waals surface area contributed by atoms with Crippen molar-refractivity contribution < 1.29 is 14.3 Å². The quantitative estimate of drug-likeness (QED) is 0.266. The molecule has 0 aliphatic heterocycles. The van der Waals surface area contributed by atoms with Crippen molar-refractivity contribution in [1.29, 1.82) is 0 Å². The number of amides is 1. The highest BCUT2D eigenvalue weighted by Crippen LogP contribution is 2.40. The van der Waals surface area contributed by atoms with Crippen LogP contribution in [0.5, 0.6) is 0 Å². The molecule has 1 amide bonds. The monoisotopic (exact) mass is 514 g/mol. The lowest BCUT2D eigenvalue weighted by Gasteiger charge is -2.33. The summed E-state index contributed by atoms with van der Waals surface area (Å²) < 4.78 is 5.13. The predicted molar refractivity (Wildman–Crippen MR) is 152 cm³/mol. The van der Waals surface area contributed by atoms with Gasteiger partial charge in [-0.3, -0.25) is 4.79 Å². The molecule has 1 N–H and O–H groups in total. The lowest BCUT2D eigenvalue weighted by atomic mass is 9.82. The van der Waals surface area contributed by atoms with E-state index in [9.17, 15) is 9.59 Å². The van der Waals surface area contributed by atoms with Gasteiger partial charge in [0.1, 0.15) is 4.88 Å². The molecule has 1 aliphatic carbocycles. The van der Waals surface area contributed by atoms with E-state index in [4.69, 9.17) is 4.74 Å². The van der Waals surface area contributed by atoms with Crippen LogP contribution in [0.4, 0.5) is 5.69 Å². The average Bonchev–Trinajstić information content (AvgIpc) is 3.56. The highest BCUT2D eigenvalue weighted by Gasteiger charge is 2.33. The topological polar surface area (TPSA) is 62.4 Å². The summed E-state index contributed by atoms with van der Waals surface area (Å²) in [5.41, 5.74) is 5.04. The number of hydrogen-bond donors (Lipinski definition) is 1. The fourth-order valence-electron chi connectivity index (χ4n) is 5.35. The Balaban J connectivity index is 1.47. The number of rotatable bonds is 6. The lowest BCUT2D eigenvalue weighted by molar-refractivity contribution is -0.123. The summed E-state index contributed by atoms with van der Waals surface area (Å²) in [5.74, 6) is 0.385. The van der Waals surface area contributed by atoms with Crippen LogP contribution in [0.2, 0.25) is 0 Å². The number of hydrogen-bond acceptors (Lipinski definition) is 4. The van der Waals surface area contributed by atoms with Gasteiger partial charge in [-0.25, -0.2) is 4.79 Å². The molecule has 0 bridgehead atoms. The summed E-state index contributed by atoms with van der Waals surface area (Å²) in [6.07, 6.45) is 5.91. The SMILES string of the molecule is COC(=O)c1sc(-c2ccc(-c3ccc4cc[nH]c4c3)cc2)cc1N(C(=O)C1CCC(C)CC1)C(C)C. The molecule has 0 unspecified atom stereocenters. The third-order valence-corrected chi connectivity index (χ3v) is 8.67. The first kappa shape index (κ1) is 25.3. The van der Waals surface area contributed by atoms with Crippen LogP contribution >= 0.6 is 11.3 Å². The Kier molecular flexibility index (Phi) is 7.20. The first-order valence-corrected chi connectivity index (χ1v) is 13.9. The van der Waals surface area contributed by atoms with Gasteiger partial charge in [-0.1, -0.05) is 43.3 Å². The average molecular weight is 515 g/mol. The zero-order valence-electron chi connectivity index (χ0n) is 21.9. The fourth-order valence-corrected chi connectivity index (χ4v) is 6.42. The molecule has 0 saturated heterocycles. The molecule has 0 radical (unpaired) electrons. The normalized spacial score (nSPS) is 17.8. The molecular formula is C31H34N2O3S. The maximum Gasteiger partial charge on any atom is 0.350 e. The molecule has 1 saturated carbocycles. The van der Waals surface area contributed by atoms with E-state index in [0.29, 0.717) is 16.5 Å². The Morgan fingerprint density at radius 3 is 2.30 bits per heavy atom. The van der Waals surface area contributed by atoms with Crippen LogP contribution in [0, 0.1) is 11.8 Å². The molecule has 2 heterocycles. The van der Waals surface area contributed by atoms with Gasteiger partial charge in [-0.15, -0.1) is 11.3 Å². The van der Waals surface area contributed by atoms with Gasteiger partial charge in [-0.05, 0) is 85.7 Å². The van der Waals surface area contributed by atoms with Crippen LogP contribution in [0.15, 0.2) is 60.8 Å². The van der Waals surface area contributed by atoms with Crippen molar-refractivity contribution >= 4 is 39.8 Å². The minimum Gasteiger partial charge on any atom is -0.465 e. The highest BCUT2D eigenvalue weighted by molar-refractivity contribution is 7.18. The van der Waals surface area contributed by atoms with Crippen molar-refractivity contribution in [2.75, 3.05) is 12.0 Å². The second-order valence-corrected chi connectivity index (χ2v) is 11.5. The van der Waals surface area contributed by atoms with E-state index in [1.54, 1.807) is 0 Å². The molecule has 192 valence electrons. The number of esters is 1. The third kappa shape index (κ3) is 5.08. The summed E-state index contributed by atoms with van der Waals surface area (Å²) in [6.45, 7) is 6.28. The smallest absolute Gasteiger partial charge is 0.350 e. The summed E-state index contributed by atoms with van der Waals surface area (Å²) in [6, 6.07) is 18.7. The van der Waals surface area contributed by atoms with Crippen LogP contribution in [0.25, 0.3) is 32.5 Å². The number of nitrogens with zero attached hydrogens (tertiary/aromatic N) is 1. The summed E-state index contributed by atoms with van der Waals surface area (Å²) >= 11 is 1.39. The minimum absolute atomic E-state index is 0.00346. The number of anilines is 1. The van der Waals surface area contributed by atoms with Crippen molar-refractivity contribution in [3.05, 3.63) is 65.7 Å². The Bertz CT molecular complexity index is 1410. The molecule has 2 aromatic carbocycles. The van der Waals surface area contributed by atoms with Gasteiger partial charge in [0, 0.05) is 28.6 Å². The maximum absolute atomic E-state index is 13.7. The molecule has 0 spiro atoms. The van der Waals surface area contributed by atoms with Gasteiger partial charge < -0.3 is 14.6 Å². The third-order valence-electron chi connectivity index (χ3n) is 7.52. The van der Waals surface area contributed by atoms with Crippen molar-refractivity contribution in [2.45, 2.75) is 52.5 Å². The minimum atomic E-state index is -0.405. The second-order valence-electron chi connectivity index (χ2n) is 10.4. The molecule has 2 aromatic heterocycles. The number of thiophene rings is 1. The van der Waals surface area contributed by atoms with Crippen molar-refractivity contribution in [1.82, 2.24) is 4.98 Å². The highest BCUT2D eigenvalue weighted by atomic mass is 32.1. The van der Waals surface area contributed by atoms with Crippen LogP contribution in [0.1, 0.15) is 56.1 Å². The van der Waals surface area contributed by atoms with Gasteiger partial charge in [0.05, 0.1) is 12.8 Å². The largest absolute Gasteiger partial charge is 0.465 e. The van der Waals surface area contributed by atoms with Crippen LogP contribution in [0.3, 0.4) is 0 Å². The second kappa shape index (κ2) is 10.5. The van der Waals surface area contributed by atoms with Gasteiger partial charge in [-0.2, -0.15) is 0 Å². The summed E-state index contributed by atoms with van der Waals surface area (Å²) in [4.78, 5) is 33.0. The molecule has 6 heteroatoms. The zero-order chi connectivity index (χ0) is 26.1. The number of carbonyl (C=O) groups is 2. The number of methoxy groups -OCH3 is 1. The standard InChI is InChI=1S/C31H34N2O3S/c1-19(2)33(30(34)24-7-5-20(3)6-8-24)27-18-28(37-29(27)31(35)36-4)23-12-9-21(10-13-23)25-14-11-22-15-16-32-26(22)17-25/h9-20,24,32H,5-8H2,1-4H3. The van der Waals surface area contributed by atoms with Gasteiger partial charge in [0.2, 0.25) is 5.91 Å². The molecule has 0 atom stereocenters. The molecule has 5 rings (SSSR count). The molecule has 4 aromatic rings. The number of benzene rings is 2. The van der Waals surface area contributed by atoms with Crippen molar-refractivity contribution in [2.24, 2.45) is 11.8 Å². The fraction of sp³-hybridized carbons (Fsp3) is 0.355. The van der Waals surface area contributed by atoms with E-state index >= 15 is 0 Å². The molecule has 37 heavy (non-hydrogen) atoms. The number of aromatic amines is 1. The number of ether oxygens (including phenoxy) is 1. The summed E-state index contributed by atoms with van der Waals surface area (Å²) in [7, 11) is 1.39. The van der Waals surface area contributed by atoms with E-state index in [-0.39, 0.29) is 17.9 Å². The number of nitrogens with one attached hydrogen (secondary N) is 1. The molecule has 5 nitrogen and oxygen atoms in total. The van der Waals surface area contributed by atoms with Crippen LogP contribution < -0.4 is 4.90 Å². The zero-order valence-corrected chi connectivity index (χ0v) is 22.7. The first-order valence-electron chi connectivity index (χ1n) is 13.1. The van der Waals surface area contributed by atoms with Gasteiger partial charge in [0.15, 0.2) is 0 Å². The Labute approximate surface area is 222 Å². The number of H-pyrrole nitrogens is 1. The Morgan fingerprint density at radius 2 is 1.62 bits per heavy atom. The van der Waals surface area contributed by atoms with Crippen molar-refractivity contribution in [3.8, 4) is 21.6 Å². The van der Waals surface area contributed by atoms with Crippen LogP contribution in [-0.2, 0) is 9.53 Å². The number of fused-ring (bicyclic) bond motifs is 1. The van der Waals surface area contributed by atoms with E-state index in [2.05, 4.69) is 60.4 Å². The Morgan fingerprint density at radius 1 is 0.946 bits per heavy atom. The van der Waals surface area contributed by atoms with Crippen LogP contribution in [-0.4, -0.2) is 30.0 Å². The Hall–Kier alpha value is -3.38. The van der Waals surface area contributed by atoms with Gasteiger partial charge >= 0.3 is 5.97 Å².